The van der Waals surface area contributed by atoms with Crippen LogP contribution in [0, 0.1) is 0 Å². The lowest BCUT2D eigenvalue weighted by Gasteiger charge is -2.11. The maximum Gasteiger partial charge on any atom is 0.238 e. The summed E-state index contributed by atoms with van der Waals surface area (Å²) in [6, 6.07) is 39.5. The van der Waals surface area contributed by atoms with Crippen molar-refractivity contribution in [2.45, 2.75) is 0 Å². The quantitative estimate of drug-likeness (QED) is 0.188. The van der Waals surface area contributed by atoms with Crippen LogP contribution in [0.2, 0.25) is 0 Å². The molecule has 0 bridgehead atoms. The summed E-state index contributed by atoms with van der Waals surface area (Å²) in [4.78, 5) is 15.2. The Morgan fingerprint density at radius 3 is 2.06 bits per heavy atom. The fourth-order valence-corrected chi connectivity index (χ4v) is 7.27. The van der Waals surface area contributed by atoms with E-state index in [0.29, 0.717) is 45.3 Å². The Bertz CT molecular complexity index is 3420. The third kappa shape index (κ3) is 4.26. The highest BCUT2D eigenvalue weighted by atomic mass is 16.3. The van der Waals surface area contributed by atoms with Crippen molar-refractivity contribution in [2.24, 2.45) is 0 Å². The molecular weight excluding hydrogens is 629 g/mol. The maximum absolute atomic E-state index is 8.66. The first-order valence-corrected chi connectivity index (χ1v) is 16.5. The van der Waals surface area contributed by atoms with Gasteiger partial charge >= 0.3 is 0 Å². The van der Waals surface area contributed by atoms with Crippen LogP contribution in [-0.2, 0) is 0 Å². The second-order valence-electron chi connectivity index (χ2n) is 12.5. The van der Waals surface area contributed by atoms with Crippen molar-refractivity contribution in [2.75, 3.05) is 0 Å². The Morgan fingerprint density at radius 2 is 1.18 bits per heavy atom. The number of para-hydroxylation sites is 2. The Kier molecular flexibility index (Phi) is 4.91. The van der Waals surface area contributed by atoms with Gasteiger partial charge in [-0.15, -0.1) is 0 Å². The fourth-order valence-electron chi connectivity index (χ4n) is 7.27. The second-order valence-corrected chi connectivity index (χ2v) is 12.5. The first kappa shape index (κ1) is 23.3. The number of furan rings is 2. The first-order valence-electron chi connectivity index (χ1n) is 19.0. The van der Waals surface area contributed by atoms with E-state index < -0.39 is 18.1 Å². The van der Waals surface area contributed by atoms with Gasteiger partial charge in [-0.05, 0) is 53.6 Å². The molecule has 0 saturated carbocycles. The molecule has 0 amide bonds. The summed E-state index contributed by atoms with van der Waals surface area (Å²) in [5.41, 5.74) is 6.66. The molecule has 0 radical (unpaired) electrons. The zero-order valence-corrected chi connectivity index (χ0v) is 26.7. The lowest BCUT2D eigenvalue weighted by molar-refractivity contribution is 0.669. The van der Waals surface area contributed by atoms with Crippen LogP contribution in [-0.4, -0.2) is 19.5 Å². The van der Waals surface area contributed by atoms with Gasteiger partial charge in [0.15, 0.2) is 11.6 Å². The van der Waals surface area contributed by atoms with E-state index >= 15 is 0 Å². The summed E-state index contributed by atoms with van der Waals surface area (Å²) >= 11 is 0. The summed E-state index contributed by atoms with van der Waals surface area (Å²) in [6.45, 7) is 0. The third-order valence-electron chi connectivity index (χ3n) is 9.55. The average Bonchev–Trinajstić information content (AvgIpc) is 3.90. The van der Waals surface area contributed by atoms with Crippen LogP contribution in [0.25, 0.3) is 106 Å². The Labute approximate surface area is 297 Å². The van der Waals surface area contributed by atoms with Crippen LogP contribution >= 0.6 is 0 Å². The highest BCUT2D eigenvalue weighted by Gasteiger charge is 2.21. The highest BCUT2D eigenvalue weighted by Crippen LogP contribution is 2.40. The molecule has 0 spiro atoms. The molecule has 11 aromatic rings. The molecule has 11 rings (SSSR count). The summed E-state index contributed by atoms with van der Waals surface area (Å²) in [5.74, 6) is 1.38. The van der Waals surface area contributed by atoms with E-state index in [1.165, 1.54) is 0 Å². The molecule has 0 atom stereocenters. The molecule has 0 unspecified atom stereocenters. The molecule has 4 aromatic heterocycles. The first-order chi connectivity index (χ1) is 27.3. The van der Waals surface area contributed by atoms with E-state index in [0.717, 1.165) is 54.7 Å². The summed E-state index contributed by atoms with van der Waals surface area (Å²) in [6.07, 6.45) is 0. The molecular formula is C45H26N4O2. The van der Waals surface area contributed by atoms with Gasteiger partial charge in [0.05, 0.1) is 17.9 Å². The van der Waals surface area contributed by atoms with Crippen LogP contribution in [0.15, 0.2) is 166 Å². The Morgan fingerprint density at radius 1 is 0.451 bits per heavy atom. The molecule has 7 aromatic carbocycles. The lowest BCUT2D eigenvalue weighted by Crippen LogP contribution is -2.06. The number of fused-ring (bicyclic) bond motifs is 9. The summed E-state index contributed by atoms with van der Waals surface area (Å²) < 4.78 is 56.8. The molecule has 238 valence electrons. The molecule has 6 heteroatoms. The fraction of sp³-hybridized carbons (Fsp3) is 0. The molecule has 0 aliphatic heterocycles. The molecule has 0 aliphatic rings. The number of benzene rings is 7. The predicted molar refractivity (Wildman–Crippen MR) is 205 cm³/mol. The van der Waals surface area contributed by atoms with E-state index in [1.807, 2.05) is 84.9 Å². The number of nitrogens with zero attached hydrogens (tertiary/aromatic N) is 4. The normalized spacial score (nSPS) is 13.3. The largest absolute Gasteiger partial charge is 0.456 e. The van der Waals surface area contributed by atoms with E-state index in [-0.39, 0.29) is 17.6 Å². The average molecular weight is 660 g/mol. The van der Waals surface area contributed by atoms with Crippen molar-refractivity contribution in [3.8, 4) is 39.9 Å². The smallest absolute Gasteiger partial charge is 0.238 e. The monoisotopic (exact) mass is 659 g/mol. The predicted octanol–water partition coefficient (Wildman–Crippen LogP) is 11.8. The SMILES string of the molecule is [2H]c1c([2H])c([2H])c(-c2cccc3oc4cc(-c5nc(-c6ccccc6)nc(-n6c7ccccc7c7cc8oc9ccccc9c8cc76)n5)ccc4c23)c([2H])c1[2H]. The molecule has 0 fully saturated rings. The van der Waals surface area contributed by atoms with E-state index in [1.54, 1.807) is 12.1 Å². The minimum Gasteiger partial charge on any atom is -0.456 e. The van der Waals surface area contributed by atoms with Gasteiger partial charge in [0, 0.05) is 43.4 Å². The van der Waals surface area contributed by atoms with E-state index in [9.17, 15) is 0 Å². The molecule has 0 aliphatic carbocycles. The summed E-state index contributed by atoms with van der Waals surface area (Å²) in [7, 11) is 0. The topological polar surface area (TPSA) is 69.9 Å². The van der Waals surface area contributed by atoms with E-state index in [2.05, 4.69) is 34.9 Å². The standard InChI is InChI=1S/C45H26N4O2/c1-3-12-27(13-4-1)30-18-11-21-39-42(30)33-23-22-29(24-40(33)51-39)44-46-43(28-14-5-2-6-15-28)47-45(48-44)49-36-19-9-7-16-31(36)34-26-41-35(25-37(34)49)32-17-8-10-20-38(32)50-41/h1-26H/i1D,3D,4D,12D,13D. The molecule has 0 saturated heterocycles. The highest BCUT2D eigenvalue weighted by molar-refractivity contribution is 6.17. The number of rotatable bonds is 4. The number of aromatic nitrogens is 4. The Balaban J connectivity index is 1.15. The number of hydrogen-bond acceptors (Lipinski definition) is 5. The Hall–Kier alpha value is -7.05. The zero-order chi connectivity index (χ0) is 37.8. The van der Waals surface area contributed by atoms with Crippen molar-refractivity contribution >= 4 is 65.7 Å². The van der Waals surface area contributed by atoms with Crippen LogP contribution in [0.3, 0.4) is 0 Å². The second kappa shape index (κ2) is 10.7. The van der Waals surface area contributed by atoms with Gasteiger partial charge in [-0.3, -0.25) is 4.57 Å². The third-order valence-corrected chi connectivity index (χ3v) is 9.55. The molecule has 0 N–H and O–H groups in total. The van der Waals surface area contributed by atoms with Crippen LogP contribution in [0.5, 0.6) is 0 Å². The van der Waals surface area contributed by atoms with Crippen molar-refractivity contribution in [1.29, 1.82) is 0 Å². The van der Waals surface area contributed by atoms with Crippen LogP contribution in [0.1, 0.15) is 6.85 Å². The molecule has 51 heavy (non-hydrogen) atoms. The molecule has 4 heterocycles. The van der Waals surface area contributed by atoms with Crippen molar-refractivity contribution in [3.63, 3.8) is 0 Å². The van der Waals surface area contributed by atoms with Gasteiger partial charge in [-0.1, -0.05) is 115 Å². The van der Waals surface area contributed by atoms with Gasteiger partial charge in [0.25, 0.3) is 0 Å². The van der Waals surface area contributed by atoms with Gasteiger partial charge in [0.2, 0.25) is 5.95 Å². The van der Waals surface area contributed by atoms with E-state index in [4.69, 9.17) is 30.6 Å². The van der Waals surface area contributed by atoms with Crippen LogP contribution in [0.4, 0.5) is 0 Å². The van der Waals surface area contributed by atoms with Gasteiger partial charge in [-0.2, -0.15) is 9.97 Å². The maximum atomic E-state index is 8.66. The summed E-state index contributed by atoms with van der Waals surface area (Å²) in [5, 5.41) is 5.44. The zero-order valence-electron chi connectivity index (χ0n) is 31.7. The number of hydrogen-bond donors (Lipinski definition) is 0. The van der Waals surface area contributed by atoms with Crippen molar-refractivity contribution < 1.29 is 15.7 Å². The van der Waals surface area contributed by atoms with Crippen molar-refractivity contribution in [3.05, 3.63) is 158 Å². The molecule has 6 nitrogen and oxygen atoms in total. The van der Waals surface area contributed by atoms with Gasteiger partial charge < -0.3 is 8.83 Å². The van der Waals surface area contributed by atoms with Crippen molar-refractivity contribution in [1.82, 2.24) is 19.5 Å². The van der Waals surface area contributed by atoms with Gasteiger partial charge in [0.1, 0.15) is 22.3 Å². The minimum absolute atomic E-state index is 0.120. The minimum atomic E-state index is -0.437. The van der Waals surface area contributed by atoms with Crippen LogP contribution < -0.4 is 0 Å². The lowest BCUT2D eigenvalue weighted by atomic mass is 9.99. The van der Waals surface area contributed by atoms with Gasteiger partial charge in [-0.25, -0.2) is 4.98 Å².